The van der Waals surface area contributed by atoms with Crippen LogP contribution in [0.4, 0.5) is 0 Å². The molecular weight excluding hydrogens is 394 g/mol. The fourth-order valence-corrected chi connectivity index (χ4v) is 4.91. The number of nitrogens with zero attached hydrogens (tertiary/aromatic N) is 1. The van der Waals surface area contributed by atoms with Crippen LogP contribution in [0.2, 0.25) is 4.34 Å². The number of carbonyl (C=O) groups is 1. The van der Waals surface area contributed by atoms with Gasteiger partial charge in [0.05, 0.1) is 27.9 Å². The number of halogens is 1. The molecule has 25 heavy (non-hydrogen) atoms. The number of rotatable bonds is 6. The van der Waals surface area contributed by atoms with Crippen molar-refractivity contribution in [1.82, 2.24) is 4.98 Å². The molecule has 3 nitrogen and oxygen atoms in total. The van der Waals surface area contributed by atoms with E-state index in [1.807, 2.05) is 19.1 Å². The van der Waals surface area contributed by atoms with E-state index in [-0.39, 0.29) is 12.4 Å². The molecule has 0 radical (unpaired) electrons. The molecule has 3 rings (SSSR count). The van der Waals surface area contributed by atoms with Crippen LogP contribution in [0.25, 0.3) is 21.1 Å². The van der Waals surface area contributed by atoms with E-state index in [9.17, 15) is 4.79 Å². The van der Waals surface area contributed by atoms with Gasteiger partial charge in [-0.2, -0.15) is 0 Å². The average molecular weight is 410 g/mol. The predicted octanol–water partition coefficient (Wildman–Crippen LogP) is 6.02. The number of hydrogen-bond acceptors (Lipinski definition) is 6. The monoisotopic (exact) mass is 409 g/mol. The molecule has 2 aromatic heterocycles. The van der Waals surface area contributed by atoms with E-state index >= 15 is 0 Å². The van der Waals surface area contributed by atoms with Gasteiger partial charge >= 0.3 is 5.97 Å². The number of benzene rings is 1. The Labute approximate surface area is 164 Å². The van der Waals surface area contributed by atoms with Crippen molar-refractivity contribution in [3.05, 3.63) is 45.6 Å². The molecule has 0 spiro atoms. The van der Waals surface area contributed by atoms with Crippen molar-refractivity contribution in [1.29, 1.82) is 0 Å². The summed E-state index contributed by atoms with van der Waals surface area (Å²) in [7, 11) is 0. The Morgan fingerprint density at radius 2 is 1.96 bits per heavy atom. The Morgan fingerprint density at radius 3 is 2.56 bits per heavy atom. The average Bonchev–Trinajstić information content (AvgIpc) is 3.21. The number of hydrogen-bond donors (Lipinski definition) is 0. The van der Waals surface area contributed by atoms with Gasteiger partial charge in [0.1, 0.15) is 5.01 Å². The van der Waals surface area contributed by atoms with Crippen LogP contribution in [-0.4, -0.2) is 23.8 Å². The van der Waals surface area contributed by atoms with Crippen LogP contribution in [-0.2, 0) is 16.0 Å². The summed E-state index contributed by atoms with van der Waals surface area (Å²) in [6, 6.07) is 12.1. The zero-order valence-corrected chi connectivity index (χ0v) is 17.0. The minimum Gasteiger partial charge on any atom is -0.466 e. The maximum Gasteiger partial charge on any atom is 0.311 e. The molecule has 0 aliphatic heterocycles. The zero-order valence-electron chi connectivity index (χ0n) is 13.7. The highest BCUT2D eigenvalue weighted by atomic mass is 35.5. The number of thioether (sulfide) groups is 1. The number of aromatic nitrogens is 1. The summed E-state index contributed by atoms with van der Waals surface area (Å²) >= 11 is 10.8. The quantitative estimate of drug-likeness (QED) is 0.368. The Balaban J connectivity index is 1.99. The largest absolute Gasteiger partial charge is 0.466 e. The van der Waals surface area contributed by atoms with Crippen molar-refractivity contribution < 1.29 is 9.53 Å². The molecule has 0 bridgehead atoms. The molecule has 0 aliphatic rings. The Kier molecular flexibility index (Phi) is 6.17. The summed E-state index contributed by atoms with van der Waals surface area (Å²) < 4.78 is 5.81. The van der Waals surface area contributed by atoms with E-state index < -0.39 is 0 Å². The van der Waals surface area contributed by atoms with Gasteiger partial charge in [-0.3, -0.25) is 4.79 Å². The minimum absolute atomic E-state index is 0.221. The predicted molar refractivity (Wildman–Crippen MR) is 108 cm³/mol. The molecule has 0 unspecified atom stereocenters. The molecule has 7 heteroatoms. The standard InChI is InChI=1S/C18H16ClNO2S3/c1-3-22-16(21)10-14-17(13-8-9-15(19)24-13)20-18(25-14)11-4-6-12(23-2)7-5-11/h4-9H,3,10H2,1-2H3. The second-order valence-electron chi connectivity index (χ2n) is 5.10. The van der Waals surface area contributed by atoms with Crippen LogP contribution < -0.4 is 0 Å². The van der Waals surface area contributed by atoms with Gasteiger partial charge in [-0.05, 0) is 37.4 Å². The third-order valence-electron chi connectivity index (χ3n) is 3.45. The summed E-state index contributed by atoms with van der Waals surface area (Å²) in [5.41, 5.74) is 1.86. The van der Waals surface area contributed by atoms with Gasteiger partial charge in [-0.15, -0.1) is 34.4 Å². The van der Waals surface area contributed by atoms with Crippen molar-refractivity contribution in [2.24, 2.45) is 0 Å². The highest BCUT2D eigenvalue weighted by Gasteiger charge is 2.19. The van der Waals surface area contributed by atoms with Crippen LogP contribution in [0.15, 0.2) is 41.3 Å². The lowest BCUT2D eigenvalue weighted by molar-refractivity contribution is -0.142. The molecule has 0 saturated carbocycles. The van der Waals surface area contributed by atoms with E-state index in [0.29, 0.717) is 10.9 Å². The number of carbonyl (C=O) groups excluding carboxylic acids is 1. The summed E-state index contributed by atoms with van der Waals surface area (Å²) in [5, 5.41) is 0.895. The molecule has 2 heterocycles. The number of thiazole rings is 1. The van der Waals surface area contributed by atoms with Crippen LogP contribution in [0.3, 0.4) is 0 Å². The van der Waals surface area contributed by atoms with E-state index in [0.717, 1.165) is 26.0 Å². The zero-order chi connectivity index (χ0) is 17.8. The van der Waals surface area contributed by atoms with Gasteiger partial charge in [-0.25, -0.2) is 4.98 Å². The van der Waals surface area contributed by atoms with E-state index in [1.165, 1.54) is 27.6 Å². The molecule has 0 fully saturated rings. The summed E-state index contributed by atoms with van der Waals surface area (Å²) in [6.45, 7) is 2.18. The Bertz CT molecular complexity index is 871. The highest BCUT2D eigenvalue weighted by molar-refractivity contribution is 7.98. The van der Waals surface area contributed by atoms with Gasteiger partial charge in [0.25, 0.3) is 0 Å². The van der Waals surface area contributed by atoms with Gasteiger partial charge in [0.2, 0.25) is 0 Å². The van der Waals surface area contributed by atoms with Crippen LogP contribution in [0.1, 0.15) is 11.8 Å². The maximum atomic E-state index is 12.0. The van der Waals surface area contributed by atoms with Crippen molar-refractivity contribution in [2.75, 3.05) is 12.9 Å². The van der Waals surface area contributed by atoms with Crippen molar-refractivity contribution in [3.8, 4) is 21.1 Å². The third-order valence-corrected chi connectivity index (χ3v) is 6.54. The van der Waals surface area contributed by atoms with Crippen LogP contribution in [0, 0.1) is 0 Å². The SMILES string of the molecule is CCOC(=O)Cc1sc(-c2ccc(SC)cc2)nc1-c1ccc(Cl)s1. The van der Waals surface area contributed by atoms with Crippen LogP contribution >= 0.6 is 46.0 Å². The molecule has 3 aromatic rings. The molecule has 0 aliphatic carbocycles. The summed E-state index contributed by atoms with van der Waals surface area (Å²) in [5.74, 6) is -0.237. The first-order valence-electron chi connectivity index (χ1n) is 7.66. The van der Waals surface area contributed by atoms with Crippen molar-refractivity contribution in [3.63, 3.8) is 0 Å². The Morgan fingerprint density at radius 1 is 1.20 bits per heavy atom. The third kappa shape index (κ3) is 4.44. The lowest BCUT2D eigenvalue weighted by Crippen LogP contribution is -2.06. The molecule has 0 saturated heterocycles. The first-order chi connectivity index (χ1) is 12.1. The topological polar surface area (TPSA) is 39.2 Å². The minimum atomic E-state index is -0.237. The van der Waals surface area contributed by atoms with Gasteiger partial charge in [0, 0.05) is 15.3 Å². The number of ether oxygens (including phenoxy) is 1. The highest BCUT2D eigenvalue weighted by Crippen LogP contribution is 2.38. The smallest absolute Gasteiger partial charge is 0.311 e. The van der Waals surface area contributed by atoms with Crippen LogP contribution in [0.5, 0.6) is 0 Å². The molecule has 0 atom stereocenters. The van der Waals surface area contributed by atoms with Crippen molar-refractivity contribution in [2.45, 2.75) is 18.2 Å². The molecule has 0 amide bonds. The Hall–Kier alpha value is -1.34. The van der Waals surface area contributed by atoms with Gasteiger partial charge < -0.3 is 4.74 Å². The molecular formula is C18H16ClNO2S3. The molecule has 1 aromatic carbocycles. The molecule has 130 valence electrons. The van der Waals surface area contributed by atoms with E-state index in [2.05, 4.69) is 30.5 Å². The second-order valence-corrected chi connectivity index (χ2v) is 8.78. The van der Waals surface area contributed by atoms with Crippen molar-refractivity contribution >= 4 is 52.0 Å². The maximum absolute atomic E-state index is 12.0. The van der Waals surface area contributed by atoms with E-state index in [1.54, 1.807) is 11.8 Å². The molecule has 0 N–H and O–H groups in total. The first-order valence-corrected chi connectivity index (χ1v) is 10.9. The van der Waals surface area contributed by atoms with E-state index in [4.69, 9.17) is 21.3 Å². The van der Waals surface area contributed by atoms with Gasteiger partial charge in [0.15, 0.2) is 0 Å². The van der Waals surface area contributed by atoms with Gasteiger partial charge in [-0.1, -0.05) is 23.7 Å². The summed E-state index contributed by atoms with van der Waals surface area (Å²) in [4.78, 5) is 19.8. The number of esters is 1. The summed E-state index contributed by atoms with van der Waals surface area (Å²) in [6.07, 6.45) is 2.27. The fraction of sp³-hybridized carbons (Fsp3) is 0.222. The number of thiophene rings is 1. The second kappa shape index (κ2) is 8.36. The first kappa shape index (κ1) is 18.5. The lowest BCUT2D eigenvalue weighted by atomic mass is 10.2. The normalized spacial score (nSPS) is 10.8. The lowest BCUT2D eigenvalue weighted by Gasteiger charge is -2.01. The fourth-order valence-electron chi connectivity index (χ4n) is 2.31.